The van der Waals surface area contributed by atoms with Crippen LogP contribution in [0.2, 0.25) is 0 Å². The van der Waals surface area contributed by atoms with E-state index in [2.05, 4.69) is 28.9 Å². The lowest BCUT2D eigenvalue weighted by Gasteiger charge is -2.36. The SMILES string of the molecule is COSP(=S)(c1ccccc1)N1CCCCC1. The zero-order chi connectivity index (χ0) is 12.1. The number of nitrogens with zero attached hydrogens (tertiary/aromatic N) is 1. The van der Waals surface area contributed by atoms with Crippen molar-refractivity contribution in [2.75, 3.05) is 20.2 Å². The Bertz CT molecular complexity index is 393. The highest BCUT2D eigenvalue weighted by Gasteiger charge is 2.30. The fourth-order valence-corrected chi connectivity index (χ4v) is 7.58. The Morgan fingerprint density at radius 3 is 2.41 bits per heavy atom. The molecule has 5 heteroatoms. The molecule has 1 fully saturated rings. The van der Waals surface area contributed by atoms with Gasteiger partial charge in [0.25, 0.3) is 0 Å². The van der Waals surface area contributed by atoms with Gasteiger partial charge in [-0.15, -0.1) is 0 Å². The largest absolute Gasteiger partial charge is 0.312 e. The maximum Gasteiger partial charge on any atom is 0.122 e. The molecular weight excluding hydrogens is 269 g/mol. The number of rotatable bonds is 4. The summed E-state index contributed by atoms with van der Waals surface area (Å²) in [6.07, 6.45) is 3.85. The van der Waals surface area contributed by atoms with Crippen molar-refractivity contribution < 1.29 is 4.18 Å². The van der Waals surface area contributed by atoms with Crippen LogP contribution in [-0.2, 0) is 16.0 Å². The van der Waals surface area contributed by atoms with E-state index in [0.717, 1.165) is 13.1 Å². The van der Waals surface area contributed by atoms with Gasteiger partial charge in [-0.2, -0.15) is 0 Å². The van der Waals surface area contributed by atoms with Gasteiger partial charge in [-0.05, 0) is 12.8 Å². The van der Waals surface area contributed by atoms with Crippen LogP contribution in [0.15, 0.2) is 30.3 Å². The summed E-state index contributed by atoms with van der Waals surface area (Å²) in [5.74, 6) is 0. The van der Waals surface area contributed by atoms with Crippen molar-refractivity contribution in [1.82, 2.24) is 4.67 Å². The molecule has 1 atom stereocenters. The van der Waals surface area contributed by atoms with Crippen molar-refractivity contribution >= 4 is 34.2 Å². The summed E-state index contributed by atoms with van der Waals surface area (Å²) in [6, 6.07) is 10.5. The van der Waals surface area contributed by atoms with Crippen LogP contribution in [0.25, 0.3) is 0 Å². The molecule has 1 unspecified atom stereocenters. The molecule has 0 saturated carbocycles. The van der Waals surface area contributed by atoms with Crippen LogP contribution in [-0.4, -0.2) is 24.9 Å². The monoisotopic (exact) mass is 287 g/mol. The van der Waals surface area contributed by atoms with Crippen LogP contribution in [0.5, 0.6) is 0 Å². The summed E-state index contributed by atoms with van der Waals surface area (Å²) < 4.78 is 7.80. The summed E-state index contributed by atoms with van der Waals surface area (Å²) in [6.45, 7) is 2.23. The van der Waals surface area contributed by atoms with Crippen molar-refractivity contribution in [3.8, 4) is 0 Å². The third-order valence-corrected chi connectivity index (χ3v) is 9.66. The van der Waals surface area contributed by atoms with Gasteiger partial charge in [0.2, 0.25) is 0 Å². The minimum atomic E-state index is -1.79. The van der Waals surface area contributed by atoms with E-state index in [1.807, 2.05) is 6.07 Å². The molecule has 1 aliphatic rings. The average molecular weight is 287 g/mol. The summed E-state index contributed by atoms with van der Waals surface area (Å²) in [5.41, 5.74) is 0. The molecule has 0 aromatic heterocycles. The molecule has 0 spiro atoms. The molecule has 1 heterocycles. The second kappa shape index (κ2) is 6.35. The van der Waals surface area contributed by atoms with Crippen LogP contribution in [0.4, 0.5) is 0 Å². The van der Waals surface area contributed by atoms with Crippen LogP contribution < -0.4 is 5.30 Å². The van der Waals surface area contributed by atoms with E-state index in [-0.39, 0.29) is 0 Å². The summed E-state index contributed by atoms with van der Waals surface area (Å²) in [4.78, 5) is 0. The first kappa shape index (κ1) is 13.6. The van der Waals surface area contributed by atoms with Crippen molar-refractivity contribution in [3.63, 3.8) is 0 Å². The predicted molar refractivity (Wildman–Crippen MR) is 80.4 cm³/mol. The van der Waals surface area contributed by atoms with Gasteiger partial charge in [0.15, 0.2) is 0 Å². The van der Waals surface area contributed by atoms with Crippen molar-refractivity contribution in [2.45, 2.75) is 19.3 Å². The lowest BCUT2D eigenvalue weighted by atomic mass is 10.2. The molecule has 2 rings (SSSR count). The van der Waals surface area contributed by atoms with Gasteiger partial charge in [-0.25, -0.2) is 0 Å². The van der Waals surface area contributed by atoms with Gasteiger partial charge >= 0.3 is 0 Å². The molecule has 1 aliphatic heterocycles. The van der Waals surface area contributed by atoms with Gasteiger partial charge in [0, 0.05) is 30.1 Å². The molecule has 0 bridgehead atoms. The zero-order valence-corrected chi connectivity index (χ0v) is 12.6. The summed E-state index contributed by atoms with van der Waals surface area (Å²) in [5, 5.41) is -0.533. The predicted octanol–water partition coefficient (Wildman–Crippen LogP) is 3.40. The van der Waals surface area contributed by atoms with Gasteiger partial charge in [0.1, 0.15) is 5.39 Å². The van der Waals surface area contributed by atoms with E-state index in [1.165, 1.54) is 36.2 Å². The Hall–Kier alpha value is 0.140. The van der Waals surface area contributed by atoms with Gasteiger partial charge in [-0.3, -0.25) is 4.67 Å². The van der Waals surface area contributed by atoms with E-state index >= 15 is 0 Å². The molecular formula is C12H18NOPS2. The highest BCUT2D eigenvalue weighted by molar-refractivity contribution is 8.70. The van der Waals surface area contributed by atoms with E-state index in [0.29, 0.717) is 0 Å². The second-order valence-electron chi connectivity index (χ2n) is 4.11. The van der Waals surface area contributed by atoms with Crippen LogP contribution >= 0.6 is 17.1 Å². The standard InChI is InChI=1S/C12H18NOPS2/c1-14-17-15(16,12-8-4-2-5-9-12)13-10-6-3-7-11-13/h2,4-5,8-9H,3,6-7,10-11H2,1H3. The fraction of sp³-hybridized carbons (Fsp3) is 0.500. The molecule has 2 nitrogen and oxygen atoms in total. The molecule has 17 heavy (non-hydrogen) atoms. The maximum absolute atomic E-state index is 5.96. The second-order valence-corrected chi connectivity index (χ2v) is 11.0. The minimum Gasteiger partial charge on any atom is -0.312 e. The number of benzene rings is 1. The van der Waals surface area contributed by atoms with E-state index < -0.39 is 5.39 Å². The average Bonchev–Trinajstić information content (AvgIpc) is 2.41. The Morgan fingerprint density at radius 2 is 1.82 bits per heavy atom. The van der Waals surface area contributed by atoms with E-state index in [9.17, 15) is 0 Å². The molecule has 0 aliphatic carbocycles. The minimum absolute atomic E-state index is 1.11. The van der Waals surface area contributed by atoms with Gasteiger partial charge < -0.3 is 4.18 Å². The van der Waals surface area contributed by atoms with Crippen LogP contribution in [0.3, 0.4) is 0 Å². The Balaban J connectivity index is 2.28. The van der Waals surface area contributed by atoms with E-state index in [1.54, 1.807) is 7.11 Å². The lowest BCUT2D eigenvalue weighted by molar-refractivity contribution is 0.373. The third-order valence-electron chi connectivity index (χ3n) is 2.96. The fourth-order valence-electron chi connectivity index (χ4n) is 2.11. The quantitative estimate of drug-likeness (QED) is 0.621. The van der Waals surface area contributed by atoms with Crippen LogP contribution in [0.1, 0.15) is 19.3 Å². The molecule has 0 amide bonds. The van der Waals surface area contributed by atoms with Crippen molar-refractivity contribution in [2.24, 2.45) is 0 Å². The highest BCUT2D eigenvalue weighted by atomic mass is 32.9. The summed E-state index contributed by atoms with van der Waals surface area (Å²) in [7, 11) is 1.72. The molecule has 1 aromatic rings. The molecule has 0 radical (unpaired) electrons. The molecule has 0 N–H and O–H groups in total. The first-order valence-corrected chi connectivity index (χ1v) is 10.0. The van der Waals surface area contributed by atoms with Gasteiger partial charge in [0.05, 0.1) is 7.11 Å². The first-order valence-electron chi connectivity index (χ1n) is 5.91. The van der Waals surface area contributed by atoms with Crippen molar-refractivity contribution in [3.05, 3.63) is 30.3 Å². The Morgan fingerprint density at radius 1 is 1.18 bits per heavy atom. The van der Waals surface area contributed by atoms with Crippen molar-refractivity contribution in [1.29, 1.82) is 0 Å². The summed E-state index contributed by atoms with van der Waals surface area (Å²) >= 11 is 7.45. The maximum atomic E-state index is 5.96. The Kier molecular flexibility index (Phi) is 5.07. The molecule has 94 valence electrons. The number of hydrogen-bond acceptors (Lipinski definition) is 3. The zero-order valence-electron chi connectivity index (χ0n) is 10.0. The van der Waals surface area contributed by atoms with Gasteiger partial charge in [-0.1, -0.05) is 48.6 Å². The lowest BCUT2D eigenvalue weighted by Crippen LogP contribution is -2.29. The smallest absolute Gasteiger partial charge is 0.122 e. The highest BCUT2D eigenvalue weighted by Crippen LogP contribution is 2.61. The van der Waals surface area contributed by atoms with E-state index in [4.69, 9.17) is 16.0 Å². The molecule has 1 saturated heterocycles. The van der Waals surface area contributed by atoms with Crippen LogP contribution in [0, 0.1) is 0 Å². The third kappa shape index (κ3) is 3.12. The number of hydrogen-bond donors (Lipinski definition) is 0. The molecule has 1 aromatic carbocycles. The topological polar surface area (TPSA) is 12.5 Å². The first-order chi connectivity index (χ1) is 8.27. The Labute approximate surface area is 113 Å². The number of piperidine rings is 1. The normalized spacial score (nSPS) is 21.0.